The molecule has 0 amide bonds. The smallest absolute Gasteiger partial charge is 0.340 e. The number of halogens is 1. The fourth-order valence-corrected chi connectivity index (χ4v) is 6.63. The Morgan fingerprint density at radius 3 is 2.50 bits per heavy atom. The summed E-state index contributed by atoms with van der Waals surface area (Å²) in [4.78, 5) is 11.8. The number of hydrogen-bond donors (Lipinski definition) is 0. The van der Waals surface area contributed by atoms with E-state index in [-0.39, 0.29) is 11.4 Å². The van der Waals surface area contributed by atoms with Crippen LogP contribution in [0.1, 0.15) is 86.2 Å². The zero-order chi connectivity index (χ0) is 19.7. The van der Waals surface area contributed by atoms with Crippen molar-refractivity contribution >= 4 is 5.97 Å². The first-order chi connectivity index (χ1) is 13.6. The molecule has 5 atom stereocenters. The third kappa shape index (κ3) is 3.86. The molecule has 3 heteroatoms. The van der Waals surface area contributed by atoms with Gasteiger partial charge in [0.25, 0.3) is 0 Å². The lowest BCUT2D eigenvalue weighted by Gasteiger charge is -2.45. The molecular weight excluding hydrogens is 351 g/mol. The van der Waals surface area contributed by atoms with Crippen LogP contribution in [0.5, 0.6) is 0 Å². The minimum atomic E-state index is -0.570. The van der Waals surface area contributed by atoms with Crippen molar-refractivity contribution in [1.29, 1.82) is 0 Å². The van der Waals surface area contributed by atoms with E-state index in [1.807, 2.05) is 6.07 Å². The van der Waals surface area contributed by atoms with Gasteiger partial charge in [0.1, 0.15) is 5.82 Å². The van der Waals surface area contributed by atoms with Crippen LogP contribution in [0.4, 0.5) is 4.39 Å². The zero-order valence-corrected chi connectivity index (χ0v) is 17.5. The molecule has 154 valence electrons. The molecule has 1 aromatic rings. The number of rotatable bonds is 4. The lowest BCUT2D eigenvalue weighted by atomic mass is 9.61. The molecule has 3 aliphatic carbocycles. The summed E-state index contributed by atoms with van der Waals surface area (Å²) in [5.41, 5.74) is 1.96. The monoisotopic (exact) mass is 386 g/mol. The summed E-state index contributed by atoms with van der Waals surface area (Å²) in [7, 11) is 1.31. The Hall–Kier alpha value is -1.38. The molecule has 0 aliphatic heterocycles. The molecule has 28 heavy (non-hydrogen) atoms. The van der Waals surface area contributed by atoms with E-state index in [4.69, 9.17) is 4.74 Å². The number of esters is 1. The van der Waals surface area contributed by atoms with Gasteiger partial charge in [-0.25, -0.2) is 9.18 Å². The van der Waals surface area contributed by atoms with E-state index >= 15 is 0 Å². The fraction of sp³-hybridized carbons (Fsp3) is 0.720. The van der Waals surface area contributed by atoms with Crippen LogP contribution in [0.3, 0.4) is 0 Å². The minimum Gasteiger partial charge on any atom is -0.465 e. The summed E-state index contributed by atoms with van der Waals surface area (Å²) in [6.45, 7) is 2.32. The van der Waals surface area contributed by atoms with Crippen molar-refractivity contribution in [2.45, 2.75) is 77.6 Å². The minimum absolute atomic E-state index is 0.0871. The van der Waals surface area contributed by atoms with Crippen molar-refractivity contribution in [3.8, 4) is 0 Å². The second-order valence-electron chi connectivity index (χ2n) is 9.62. The number of fused-ring (bicyclic) bond motifs is 2. The van der Waals surface area contributed by atoms with E-state index in [0.29, 0.717) is 5.92 Å². The van der Waals surface area contributed by atoms with Gasteiger partial charge in [0.05, 0.1) is 12.7 Å². The van der Waals surface area contributed by atoms with Crippen LogP contribution in [-0.2, 0) is 17.6 Å². The largest absolute Gasteiger partial charge is 0.465 e. The molecule has 3 aliphatic rings. The Morgan fingerprint density at radius 1 is 1.04 bits per heavy atom. The van der Waals surface area contributed by atoms with Gasteiger partial charge in [0.15, 0.2) is 0 Å². The number of carbonyl (C=O) groups is 1. The van der Waals surface area contributed by atoms with Crippen LogP contribution < -0.4 is 0 Å². The molecule has 1 aromatic carbocycles. The van der Waals surface area contributed by atoms with Crippen molar-refractivity contribution < 1.29 is 13.9 Å². The first kappa shape index (κ1) is 19.9. The molecule has 0 heterocycles. The SMILES string of the molecule is CCCC1CCC2CC(C3CCc4c(ccc(C(=O)OC)c4F)C3)CCC2C1. The summed E-state index contributed by atoms with van der Waals surface area (Å²) in [6, 6.07) is 3.59. The second-order valence-corrected chi connectivity index (χ2v) is 9.62. The molecule has 2 fully saturated rings. The second kappa shape index (κ2) is 8.55. The number of ether oxygens (including phenoxy) is 1. The highest BCUT2D eigenvalue weighted by Crippen LogP contribution is 2.49. The predicted octanol–water partition coefficient (Wildman–Crippen LogP) is 6.35. The van der Waals surface area contributed by atoms with Gasteiger partial charge in [-0.05, 0) is 98.1 Å². The average molecular weight is 387 g/mol. The first-order valence-electron chi connectivity index (χ1n) is 11.5. The summed E-state index contributed by atoms with van der Waals surface area (Å²) >= 11 is 0. The fourth-order valence-electron chi connectivity index (χ4n) is 6.63. The topological polar surface area (TPSA) is 26.3 Å². The third-order valence-corrected chi connectivity index (χ3v) is 8.12. The van der Waals surface area contributed by atoms with Gasteiger partial charge >= 0.3 is 5.97 Å². The number of carbonyl (C=O) groups excluding carboxylic acids is 1. The van der Waals surface area contributed by atoms with Gasteiger partial charge in [-0.1, -0.05) is 32.3 Å². The van der Waals surface area contributed by atoms with Crippen LogP contribution in [0, 0.1) is 35.4 Å². The normalized spacial score (nSPS) is 32.3. The third-order valence-electron chi connectivity index (χ3n) is 8.12. The molecule has 0 bridgehead atoms. The average Bonchev–Trinajstić information content (AvgIpc) is 2.73. The van der Waals surface area contributed by atoms with Crippen LogP contribution >= 0.6 is 0 Å². The summed E-state index contributed by atoms with van der Waals surface area (Å²) in [6.07, 6.45) is 14.1. The number of benzene rings is 1. The Labute approximate surface area is 169 Å². The van der Waals surface area contributed by atoms with E-state index < -0.39 is 5.97 Å². The Balaban J connectivity index is 1.40. The summed E-state index contributed by atoms with van der Waals surface area (Å²) in [5.74, 6) is 3.46. The highest BCUT2D eigenvalue weighted by molar-refractivity contribution is 5.90. The molecule has 2 nitrogen and oxygen atoms in total. The van der Waals surface area contributed by atoms with Crippen LogP contribution in [0.2, 0.25) is 0 Å². The van der Waals surface area contributed by atoms with E-state index in [0.717, 1.165) is 54.1 Å². The molecule has 2 saturated carbocycles. The molecule has 4 rings (SSSR count). The van der Waals surface area contributed by atoms with Gasteiger partial charge in [0.2, 0.25) is 0 Å². The van der Waals surface area contributed by atoms with Crippen molar-refractivity contribution in [3.05, 3.63) is 34.6 Å². The van der Waals surface area contributed by atoms with Crippen molar-refractivity contribution in [3.63, 3.8) is 0 Å². The highest BCUT2D eigenvalue weighted by Gasteiger charge is 2.38. The van der Waals surface area contributed by atoms with Crippen molar-refractivity contribution in [1.82, 2.24) is 0 Å². The maximum atomic E-state index is 14.8. The molecule has 5 unspecified atom stereocenters. The van der Waals surface area contributed by atoms with E-state index in [2.05, 4.69) is 6.92 Å². The highest BCUT2D eigenvalue weighted by atomic mass is 19.1. The van der Waals surface area contributed by atoms with Crippen molar-refractivity contribution in [2.75, 3.05) is 7.11 Å². The Morgan fingerprint density at radius 2 is 1.75 bits per heavy atom. The Kier molecular flexibility index (Phi) is 6.08. The van der Waals surface area contributed by atoms with Gasteiger partial charge < -0.3 is 4.74 Å². The molecule has 0 radical (unpaired) electrons. The maximum absolute atomic E-state index is 14.8. The lowest BCUT2D eigenvalue weighted by molar-refractivity contribution is 0.0594. The van der Waals surface area contributed by atoms with E-state index in [9.17, 15) is 9.18 Å². The van der Waals surface area contributed by atoms with Crippen LogP contribution in [0.25, 0.3) is 0 Å². The predicted molar refractivity (Wildman–Crippen MR) is 110 cm³/mol. The number of hydrogen-bond acceptors (Lipinski definition) is 2. The summed E-state index contributed by atoms with van der Waals surface area (Å²) in [5, 5.41) is 0. The number of methoxy groups -OCH3 is 1. The van der Waals surface area contributed by atoms with Gasteiger partial charge in [0, 0.05) is 0 Å². The summed E-state index contributed by atoms with van der Waals surface area (Å²) < 4.78 is 19.5. The molecule has 0 aromatic heterocycles. The molecule has 0 N–H and O–H groups in total. The van der Waals surface area contributed by atoms with Crippen LogP contribution in [0.15, 0.2) is 12.1 Å². The van der Waals surface area contributed by atoms with Crippen LogP contribution in [-0.4, -0.2) is 13.1 Å². The van der Waals surface area contributed by atoms with Gasteiger partial charge in [-0.2, -0.15) is 0 Å². The molecule has 0 saturated heterocycles. The van der Waals surface area contributed by atoms with E-state index in [1.165, 1.54) is 58.5 Å². The maximum Gasteiger partial charge on any atom is 0.340 e. The molecule has 0 spiro atoms. The van der Waals surface area contributed by atoms with Crippen molar-refractivity contribution in [2.24, 2.45) is 29.6 Å². The van der Waals surface area contributed by atoms with Gasteiger partial charge in [-0.15, -0.1) is 0 Å². The molecular formula is C25H35FO2. The first-order valence-corrected chi connectivity index (χ1v) is 11.5. The Bertz CT molecular complexity index is 713. The van der Waals surface area contributed by atoms with E-state index in [1.54, 1.807) is 6.07 Å². The zero-order valence-electron chi connectivity index (χ0n) is 17.5. The standard InChI is InChI=1S/C25H35FO2/c1-3-4-16-5-6-18-14-19(8-7-17(18)13-16)20-9-11-22-21(15-20)10-12-23(24(22)26)25(27)28-2/h10,12,16-20H,3-9,11,13-15H2,1-2H3. The van der Waals surface area contributed by atoms with Gasteiger partial charge in [-0.3, -0.25) is 0 Å². The quantitative estimate of drug-likeness (QED) is 0.564. The lowest BCUT2D eigenvalue weighted by Crippen LogP contribution is -2.35.